The van der Waals surface area contributed by atoms with Crippen molar-refractivity contribution in [3.63, 3.8) is 0 Å². The molecule has 0 aromatic carbocycles. The second kappa shape index (κ2) is 6.91. The van der Waals surface area contributed by atoms with E-state index >= 15 is 0 Å². The van der Waals surface area contributed by atoms with Crippen LogP contribution in [0, 0.1) is 17.8 Å². The van der Waals surface area contributed by atoms with E-state index in [4.69, 9.17) is 0 Å². The minimum atomic E-state index is -4.34. The summed E-state index contributed by atoms with van der Waals surface area (Å²) in [4.78, 5) is 14.4. The molecule has 1 aliphatic carbocycles. The molecule has 3 heterocycles. The summed E-state index contributed by atoms with van der Waals surface area (Å²) in [6, 6.07) is -0.0968. The van der Waals surface area contributed by atoms with Crippen molar-refractivity contribution in [2.24, 2.45) is 17.8 Å². The number of carbonyl (C=O) groups excluding carboxylic acids is 1. The summed E-state index contributed by atoms with van der Waals surface area (Å²) in [5.74, 6) is 1.46. The molecular formula is C21H31F3N4O. The molecule has 1 saturated heterocycles. The Labute approximate surface area is 170 Å². The van der Waals surface area contributed by atoms with E-state index < -0.39 is 12.2 Å². The van der Waals surface area contributed by atoms with Crippen LogP contribution in [0.4, 0.5) is 19.0 Å². The number of nitrogens with zero attached hydrogens (tertiary/aromatic N) is 3. The molecule has 0 radical (unpaired) electrons. The van der Waals surface area contributed by atoms with Crippen molar-refractivity contribution in [1.29, 1.82) is 0 Å². The summed E-state index contributed by atoms with van der Waals surface area (Å²) < 4.78 is 42.6. The first-order chi connectivity index (χ1) is 13.4. The number of hydrogen-bond acceptors (Lipinski definition) is 3. The van der Waals surface area contributed by atoms with Crippen molar-refractivity contribution in [3.05, 3.63) is 11.8 Å². The molecule has 162 valence electrons. The largest absolute Gasteiger partial charge is 0.410 e. The van der Waals surface area contributed by atoms with Gasteiger partial charge in [0.25, 0.3) is 0 Å². The number of anilines is 1. The van der Waals surface area contributed by atoms with Crippen LogP contribution in [0.15, 0.2) is 6.07 Å². The highest BCUT2D eigenvalue weighted by Crippen LogP contribution is 2.44. The van der Waals surface area contributed by atoms with E-state index in [0.29, 0.717) is 30.5 Å². The van der Waals surface area contributed by atoms with Crippen molar-refractivity contribution in [1.82, 2.24) is 14.7 Å². The van der Waals surface area contributed by atoms with Gasteiger partial charge in [-0.3, -0.25) is 4.79 Å². The van der Waals surface area contributed by atoms with Gasteiger partial charge in [0.15, 0.2) is 6.04 Å². The normalized spacial score (nSPS) is 30.7. The molecule has 29 heavy (non-hydrogen) atoms. The third kappa shape index (κ3) is 3.99. The molecule has 5 nitrogen and oxygen atoms in total. The summed E-state index contributed by atoms with van der Waals surface area (Å²) in [5.41, 5.74) is 0.345. The van der Waals surface area contributed by atoms with Crippen LogP contribution < -0.4 is 5.32 Å². The Morgan fingerprint density at radius 1 is 1.17 bits per heavy atom. The van der Waals surface area contributed by atoms with Gasteiger partial charge in [0.1, 0.15) is 5.82 Å². The van der Waals surface area contributed by atoms with Gasteiger partial charge in [0.2, 0.25) is 5.91 Å². The molecule has 1 N–H and O–H groups in total. The first-order valence-corrected chi connectivity index (χ1v) is 10.7. The number of hydrogen-bond donors (Lipinski definition) is 1. The molecule has 4 rings (SSSR count). The van der Waals surface area contributed by atoms with Gasteiger partial charge in [-0.25, -0.2) is 4.68 Å². The summed E-state index contributed by atoms with van der Waals surface area (Å²) in [5, 5.41) is 7.64. The van der Waals surface area contributed by atoms with Gasteiger partial charge in [0, 0.05) is 36.5 Å². The van der Waals surface area contributed by atoms with E-state index in [0.717, 1.165) is 23.9 Å². The Morgan fingerprint density at radius 2 is 1.79 bits per heavy atom. The Balaban J connectivity index is 1.48. The number of fused-ring (bicyclic) bond motifs is 1. The summed E-state index contributed by atoms with van der Waals surface area (Å²) >= 11 is 0. The quantitative estimate of drug-likeness (QED) is 0.785. The highest BCUT2D eigenvalue weighted by molar-refractivity contribution is 5.81. The minimum Gasteiger partial charge on any atom is -0.367 e. The molecule has 1 amide bonds. The first kappa shape index (κ1) is 20.5. The molecule has 0 unspecified atom stereocenters. The van der Waals surface area contributed by atoms with Crippen LogP contribution in [0.5, 0.6) is 0 Å². The minimum absolute atomic E-state index is 0.0139. The number of likely N-dealkylation sites (tertiary alicyclic amines) is 1. The Hall–Kier alpha value is -1.73. The maximum atomic E-state index is 13.8. The predicted molar refractivity (Wildman–Crippen MR) is 105 cm³/mol. The SMILES string of the molecule is C[C@@H]1C[C@@H]1C(=O)N1CCC([C@@H]2C[C@H](C(F)(F)F)n3nc(C(C)(C)C)cc3N2)CC1. The molecular weight excluding hydrogens is 381 g/mol. The van der Waals surface area contributed by atoms with Crippen molar-refractivity contribution in [3.8, 4) is 0 Å². The molecule has 1 saturated carbocycles. The summed E-state index contributed by atoms with van der Waals surface area (Å²) in [6.45, 7) is 9.24. The number of aromatic nitrogens is 2. The second-order valence-electron chi connectivity index (χ2n) is 10.1. The van der Waals surface area contributed by atoms with Crippen LogP contribution in [0.2, 0.25) is 0 Å². The average molecular weight is 413 g/mol. The maximum Gasteiger partial charge on any atom is 0.410 e. The van der Waals surface area contributed by atoms with Gasteiger partial charge in [-0.15, -0.1) is 0 Å². The van der Waals surface area contributed by atoms with Crippen molar-refractivity contribution >= 4 is 11.7 Å². The summed E-state index contributed by atoms with van der Waals surface area (Å²) in [7, 11) is 0. The van der Waals surface area contributed by atoms with Crippen LogP contribution in [0.3, 0.4) is 0 Å². The van der Waals surface area contributed by atoms with Gasteiger partial charge in [-0.2, -0.15) is 18.3 Å². The van der Waals surface area contributed by atoms with Crippen LogP contribution in [0.25, 0.3) is 0 Å². The Kier molecular flexibility index (Phi) is 4.89. The topological polar surface area (TPSA) is 50.2 Å². The monoisotopic (exact) mass is 412 g/mol. The molecule has 4 atom stereocenters. The van der Waals surface area contributed by atoms with Gasteiger partial charge in [-0.1, -0.05) is 27.7 Å². The van der Waals surface area contributed by atoms with E-state index in [1.54, 1.807) is 6.07 Å². The zero-order chi connectivity index (χ0) is 21.1. The molecule has 0 spiro atoms. The van der Waals surface area contributed by atoms with Crippen LogP contribution in [-0.4, -0.2) is 45.9 Å². The van der Waals surface area contributed by atoms with E-state index in [1.807, 2.05) is 25.7 Å². The number of amides is 1. The lowest BCUT2D eigenvalue weighted by molar-refractivity contribution is -0.174. The fourth-order valence-electron chi connectivity index (χ4n) is 4.70. The van der Waals surface area contributed by atoms with Crippen LogP contribution in [0.1, 0.15) is 65.1 Å². The zero-order valence-corrected chi connectivity index (χ0v) is 17.6. The fraction of sp³-hybridized carbons (Fsp3) is 0.810. The Morgan fingerprint density at radius 3 is 2.31 bits per heavy atom. The number of halogens is 3. The number of alkyl halides is 3. The molecule has 1 aromatic heterocycles. The maximum absolute atomic E-state index is 13.8. The summed E-state index contributed by atoms with van der Waals surface area (Å²) in [6.07, 6.45) is -1.89. The van der Waals surface area contributed by atoms with Crippen LogP contribution >= 0.6 is 0 Å². The van der Waals surface area contributed by atoms with Crippen molar-refractivity contribution in [2.45, 2.75) is 77.1 Å². The first-order valence-electron chi connectivity index (χ1n) is 10.7. The van der Waals surface area contributed by atoms with Crippen molar-refractivity contribution < 1.29 is 18.0 Å². The lowest BCUT2D eigenvalue weighted by Gasteiger charge is -2.41. The molecule has 8 heteroatoms. The number of piperidine rings is 1. The van der Waals surface area contributed by atoms with E-state index in [1.165, 1.54) is 0 Å². The second-order valence-corrected chi connectivity index (χ2v) is 10.1. The van der Waals surface area contributed by atoms with Gasteiger partial charge in [-0.05, 0) is 37.5 Å². The smallest absolute Gasteiger partial charge is 0.367 e. The van der Waals surface area contributed by atoms with E-state index in [9.17, 15) is 18.0 Å². The highest BCUT2D eigenvalue weighted by atomic mass is 19.4. The zero-order valence-electron chi connectivity index (χ0n) is 17.6. The highest BCUT2D eigenvalue weighted by Gasteiger charge is 2.48. The van der Waals surface area contributed by atoms with Gasteiger partial charge >= 0.3 is 6.18 Å². The Bertz CT molecular complexity index is 774. The molecule has 2 fully saturated rings. The lowest BCUT2D eigenvalue weighted by atomic mass is 9.84. The molecule has 3 aliphatic rings. The van der Waals surface area contributed by atoms with Crippen LogP contribution in [-0.2, 0) is 10.2 Å². The lowest BCUT2D eigenvalue weighted by Crippen LogP contribution is -2.47. The molecule has 0 bridgehead atoms. The number of nitrogens with one attached hydrogen (secondary N) is 1. The number of carbonyl (C=O) groups is 1. The predicted octanol–water partition coefficient (Wildman–Crippen LogP) is 4.36. The third-order valence-corrected chi connectivity index (χ3v) is 6.83. The van der Waals surface area contributed by atoms with E-state index in [2.05, 4.69) is 17.3 Å². The molecule has 1 aromatic rings. The van der Waals surface area contributed by atoms with Crippen molar-refractivity contribution in [2.75, 3.05) is 18.4 Å². The fourth-order valence-corrected chi connectivity index (χ4v) is 4.70. The van der Waals surface area contributed by atoms with E-state index in [-0.39, 0.29) is 35.6 Å². The standard InChI is InChI=1S/C21H31F3N4O/c1-12-9-14(12)19(29)27-7-5-13(6-8-27)15-10-17(21(22,23)24)28-18(25-15)11-16(26-28)20(2,3)4/h11-15,17,25H,5-10H2,1-4H3/t12-,14+,15+,17-/m1/s1. The molecule has 2 aliphatic heterocycles. The third-order valence-electron chi connectivity index (χ3n) is 6.83. The average Bonchev–Trinajstić information content (AvgIpc) is 3.19. The number of rotatable bonds is 2. The van der Waals surface area contributed by atoms with Gasteiger partial charge in [0.05, 0.1) is 5.69 Å². The van der Waals surface area contributed by atoms with Gasteiger partial charge < -0.3 is 10.2 Å².